The van der Waals surface area contributed by atoms with Crippen LogP contribution in [-0.2, 0) is 24.6 Å². The molecule has 0 radical (unpaired) electrons. The number of carbonyl (C=O) groups is 1. The largest absolute Gasteiger partial charge is 0.453 e. The second-order valence-corrected chi connectivity index (χ2v) is 10.5. The van der Waals surface area contributed by atoms with Gasteiger partial charge in [-0.15, -0.1) is 22.7 Å². The molecule has 9 heteroatoms. The minimum atomic E-state index is -1.75. The van der Waals surface area contributed by atoms with Crippen LogP contribution in [-0.4, -0.2) is 86.0 Å². The normalized spacial score (nSPS) is 25.2. The van der Waals surface area contributed by atoms with Crippen molar-refractivity contribution in [3.05, 3.63) is 44.8 Å². The lowest BCUT2D eigenvalue weighted by molar-refractivity contribution is -0.946. The molecule has 5 heterocycles. The second-order valence-electron chi connectivity index (χ2n) is 8.59. The van der Waals surface area contributed by atoms with Gasteiger partial charge in [0.25, 0.3) is 0 Å². The predicted molar refractivity (Wildman–Crippen MR) is 123 cm³/mol. The van der Waals surface area contributed by atoms with E-state index in [9.17, 15) is 9.90 Å². The van der Waals surface area contributed by atoms with Crippen LogP contribution < -0.4 is 0 Å². The molecule has 176 valence electrons. The van der Waals surface area contributed by atoms with Gasteiger partial charge in [-0.2, -0.15) is 0 Å². The molecule has 0 aromatic carbocycles. The fraction of sp³-hybridized carbons (Fsp3) is 0.609. The van der Waals surface area contributed by atoms with Crippen molar-refractivity contribution < 1.29 is 33.7 Å². The quantitative estimate of drug-likeness (QED) is 0.274. The topological polar surface area (TPSA) is 85.2 Å². The van der Waals surface area contributed by atoms with Gasteiger partial charge in [-0.25, -0.2) is 4.79 Å². The summed E-state index contributed by atoms with van der Waals surface area (Å²) in [6.45, 7) is 5.76. The van der Waals surface area contributed by atoms with Gasteiger partial charge in [-0.05, 0) is 22.9 Å². The second kappa shape index (κ2) is 10.7. The monoisotopic (exact) mass is 482 g/mol. The summed E-state index contributed by atoms with van der Waals surface area (Å²) in [6.07, 6.45) is 1.85. The van der Waals surface area contributed by atoms with Gasteiger partial charge in [-0.3, -0.25) is 0 Å². The fourth-order valence-electron chi connectivity index (χ4n) is 4.83. The summed E-state index contributed by atoms with van der Waals surface area (Å²) in [7, 11) is 0. The van der Waals surface area contributed by atoms with E-state index in [1.54, 1.807) is 12.1 Å². The van der Waals surface area contributed by atoms with E-state index in [2.05, 4.69) is 0 Å². The summed E-state index contributed by atoms with van der Waals surface area (Å²) in [5.74, 6) is -0.223. The van der Waals surface area contributed by atoms with Gasteiger partial charge >= 0.3 is 5.97 Å². The van der Waals surface area contributed by atoms with E-state index < -0.39 is 11.6 Å². The molecule has 32 heavy (non-hydrogen) atoms. The molecule has 2 aromatic rings. The molecule has 0 aliphatic carbocycles. The van der Waals surface area contributed by atoms with Crippen LogP contribution >= 0.6 is 22.7 Å². The number of thiophene rings is 2. The zero-order valence-corrected chi connectivity index (χ0v) is 19.8. The molecule has 0 saturated carbocycles. The van der Waals surface area contributed by atoms with Crippen LogP contribution in [0.2, 0.25) is 0 Å². The number of carbonyl (C=O) groups excluding carboxylic acids is 1. The molecule has 0 spiro atoms. The molecule has 3 aliphatic rings. The third-order valence-corrected chi connectivity index (χ3v) is 8.63. The van der Waals surface area contributed by atoms with Gasteiger partial charge in [0.15, 0.2) is 6.10 Å². The number of esters is 1. The highest BCUT2D eigenvalue weighted by atomic mass is 32.1. The Balaban J connectivity index is 1.37. The van der Waals surface area contributed by atoms with Gasteiger partial charge in [0.2, 0.25) is 5.60 Å². The Bertz CT molecular complexity index is 799. The first kappa shape index (κ1) is 23.8. The molecule has 2 bridgehead atoms. The number of nitrogens with zero attached hydrogens (tertiary/aromatic N) is 1. The van der Waals surface area contributed by atoms with E-state index in [4.69, 9.17) is 19.3 Å². The lowest BCUT2D eigenvalue weighted by atomic mass is 9.83. The Morgan fingerprint density at radius 2 is 1.66 bits per heavy atom. The van der Waals surface area contributed by atoms with Crippen molar-refractivity contribution in [2.75, 3.05) is 59.2 Å². The van der Waals surface area contributed by atoms with Gasteiger partial charge in [0.05, 0.1) is 55.9 Å². The molecule has 7 nitrogen and oxygen atoms in total. The van der Waals surface area contributed by atoms with E-state index in [1.165, 1.54) is 22.7 Å². The van der Waals surface area contributed by atoms with Crippen molar-refractivity contribution in [2.24, 2.45) is 5.92 Å². The number of rotatable bonds is 12. The Kier molecular flexibility index (Phi) is 7.99. The van der Waals surface area contributed by atoms with E-state index in [-0.39, 0.29) is 12.7 Å². The summed E-state index contributed by atoms with van der Waals surface area (Å²) in [4.78, 5) is 14.6. The number of aliphatic hydroxyl groups excluding tert-OH is 1. The minimum Gasteiger partial charge on any atom is -0.453 e. The molecule has 1 atom stereocenters. The van der Waals surface area contributed by atoms with E-state index in [0.29, 0.717) is 42.1 Å². The van der Waals surface area contributed by atoms with Gasteiger partial charge in [0.1, 0.15) is 13.1 Å². The standard InChI is InChI=1S/C23H32NO6S2/c25-10-12-29-14-13-28-11-9-24-7-5-18(6-8-24)19(17-24)30-22(26)23(27,20-3-1-15-31-20)21-4-2-16-32-21/h1-4,15-16,18-19,25,27H,5-14,17H2/q+1/t18?,19-,24?/m0/s1. The maximum absolute atomic E-state index is 13.4. The molecular weight excluding hydrogens is 450 g/mol. The van der Waals surface area contributed by atoms with Crippen molar-refractivity contribution in [2.45, 2.75) is 24.5 Å². The molecule has 3 aliphatic heterocycles. The van der Waals surface area contributed by atoms with E-state index in [0.717, 1.165) is 43.5 Å². The highest BCUT2D eigenvalue weighted by Crippen LogP contribution is 2.40. The molecule has 3 fully saturated rings. The van der Waals surface area contributed by atoms with Crippen LogP contribution in [0.3, 0.4) is 0 Å². The smallest absolute Gasteiger partial charge is 0.349 e. The number of quaternary nitrogens is 1. The number of ether oxygens (including phenoxy) is 3. The molecule has 2 aromatic heterocycles. The summed E-state index contributed by atoms with van der Waals surface area (Å²) >= 11 is 2.73. The molecule has 0 amide bonds. The van der Waals surface area contributed by atoms with Crippen molar-refractivity contribution in [1.29, 1.82) is 0 Å². The predicted octanol–water partition coefficient (Wildman–Crippen LogP) is 2.22. The maximum atomic E-state index is 13.4. The van der Waals surface area contributed by atoms with Gasteiger partial charge < -0.3 is 28.9 Å². The highest BCUT2D eigenvalue weighted by Gasteiger charge is 2.51. The summed E-state index contributed by atoms with van der Waals surface area (Å²) < 4.78 is 17.9. The van der Waals surface area contributed by atoms with E-state index in [1.807, 2.05) is 22.9 Å². The molecule has 5 rings (SSSR count). The number of hydrogen-bond acceptors (Lipinski definition) is 8. The maximum Gasteiger partial charge on any atom is 0.349 e. The lowest BCUT2D eigenvalue weighted by Crippen LogP contribution is -2.65. The lowest BCUT2D eigenvalue weighted by Gasteiger charge is -2.52. The SMILES string of the molecule is O=C(O[C@H]1C[N+]2(CCOCCOCCO)CCC1CC2)C(O)(c1cccs1)c1cccs1. The van der Waals surface area contributed by atoms with Crippen LogP contribution in [0.25, 0.3) is 0 Å². The first-order valence-corrected chi connectivity index (χ1v) is 13.0. The highest BCUT2D eigenvalue weighted by molar-refractivity contribution is 7.12. The summed E-state index contributed by atoms with van der Waals surface area (Å²) in [6, 6.07) is 7.26. The first-order valence-electron chi connectivity index (χ1n) is 11.2. The number of fused-ring (bicyclic) bond motifs is 3. The van der Waals surface area contributed by atoms with Gasteiger partial charge in [0, 0.05) is 18.8 Å². The Labute approximate surface area is 196 Å². The number of aliphatic hydroxyl groups is 2. The zero-order valence-electron chi connectivity index (χ0n) is 18.2. The van der Waals surface area contributed by atoms with Crippen LogP contribution in [0.15, 0.2) is 35.0 Å². The Hall–Kier alpha value is -1.33. The van der Waals surface area contributed by atoms with Crippen LogP contribution in [0.1, 0.15) is 22.6 Å². The average molecular weight is 483 g/mol. The van der Waals surface area contributed by atoms with Crippen LogP contribution in [0, 0.1) is 5.92 Å². The van der Waals surface area contributed by atoms with Crippen molar-refractivity contribution in [1.82, 2.24) is 0 Å². The van der Waals surface area contributed by atoms with Gasteiger partial charge in [-0.1, -0.05) is 12.1 Å². The molecular formula is C23H32NO6S2+. The zero-order chi connectivity index (χ0) is 22.4. The Morgan fingerprint density at radius 1 is 1.03 bits per heavy atom. The third kappa shape index (κ3) is 5.09. The Morgan fingerprint density at radius 3 is 2.22 bits per heavy atom. The number of hydrogen-bond donors (Lipinski definition) is 2. The summed E-state index contributed by atoms with van der Waals surface area (Å²) in [5.41, 5.74) is -1.75. The third-order valence-electron chi connectivity index (χ3n) is 6.67. The van der Waals surface area contributed by atoms with Crippen molar-refractivity contribution >= 4 is 28.6 Å². The molecule has 0 unspecified atom stereocenters. The van der Waals surface area contributed by atoms with Crippen molar-refractivity contribution in [3.8, 4) is 0 Å². The number of piperidine rings is 3. The average Bonchev–Trinajstić information content (AvgIpc) is 3.54. The molecule has 2 N–H and O–H groups in total. The first-order chi connectivity index (χ1) is 15.6. The molecule has 3 saturated heterocycles. The van der Waals surface area contributed by atoms with Crippen LogP contribution in [0.4, 0.5) is 0 Å². The summed E-state index contributed by atoms with van der Waals surface area (Å²) in [5, 5.41) is 24.0. The van der Waals surface area contributed by atoms with Crippen molar-refractivity contribution in [3.63, 3.8) is 0 Å². The van der Waals surface area contributed by atoms with Crippen LogP contribution in [0.5, 0.6) is 0 Å². The fourth-order valence-corrected chi connectivity index (χ4v) is 6.54. The minimum absolute atomic E-state index is 0.0232. The van der Waals surface area contributed by atoms with E-state index >= 15 is 0 Å².